The van der Waals surface area contributed by atoms with Crippen LogP contribution in [0, 0.1) is 0 Å². The third-order valence-electron chi connectivity index (χ3n) is 4.88. The molecule has 0 bridgehead atoms. The molecule has 172 valence electrons. The molecular formula is C22H26BrN3O5S. The van der Waals surface area contributed by atoms with Gasteiger partial charge in [0.05, 0.1) is 11.9 Å². The van der Waals surface area contributed by atoms with Crippen LogP contribution in [-0.4, -0.2) is 56.8 Å². The second-order valence-corrected chi connectivity index (χ2v) is 10.1. The number of amides is 2. The largest absolute Gasteiger partial charge is 0.357 e. The number of anilines is 1. The second-order valence-electron chi connectivity index (χ2n) is 7.32. The molecule has 0 unspecified atom stereocenters. The first-order valence-corrected chi connectivity index (χ1v) is 12.4. The molecule has 0 saturated carbocycles. The van der Waals surface area contributed by atoms with E-state index < -0.39 is 28.5 Å². The van der Waals surface area contributed by atoms with Crippen molar-refractivity contribution in [2.75, 3.05) is 24.2 Å². The van der Waals surface area contributed by atoms with Gasteiger partial charge in [-0.15, -0.1) is 0 Å². The van der Waals surface area contributed by atoms with Gasteiger partial charge in [0.1, 0.15) is 12.6 Å². The summed E-state index contributed by atoms with van der Waals surface area (Å²) in [6, 6.07) is 12.5. The van der Waals surface area contributed by atoms with E-state index in [1.807, 2.05) is 24.3 Å². The van der Waals surface area contributed by atoms with E-state index in [0.717, 1.165) is 20.6 Å². The van der Waals surface area contributed by atoms with Crippen LogP contribution in [-0.2, 0) is 26.2 Å². The van der Waals surface area contributed by atoms with Crippen molar-refractivity contribution in [2.24, 2.45) is 0 Å². The lowest BCUT2D eigenvalue weighted by Gasteiger charge is -2.31. The first kappa shape index (κ1) is 25.5. The minimum absolute atomic E-state index is 0.109. The number of hydrogen-bond donors (Lipinski definition) is 1. The van der Waals surface area contributed by atoms with E-state index in [1.54, 1.807) is 19.1 Å². The van der Waals surface area contributed by atoms with E-state index in [1.165, 1.54) is 31.0 Å². The van der Waals surface area contributed by atoms with E-state index in [4.69, 9.17) is 0 Å². The predicted molar refractivity (Wildman–Crippen MR) is 127 cm³/mol. The van der Waals surface area contributed by atoms with Crippen molar-refractivity contribution in [1.82, 2.24) is 10.2 Å². The molecule has 0 aliphatic rings. The molecule has 2 aromatic carbocycles. The van der Waals surface area contributed by atoms with E-state index >= 15 is 0 Å². The van der Waals surface area contributed by atoms with Crippen LogP contribution in [0.2, 0.25) is 0 Å². The summed E-state index contributed by atoms with van der Waals surface area (Å²) in [7, 11) is -2.38. The van der Waals surface area contributed by atoms with Gasteiger partial charge in [-0.05, 0) is 43.7 Å². The molecular weight excluding hydrogens is 498 g/mol. The molecule has 32 heavy (non-hydrogen) atoms. The maximum absolute atomic E-state index is 13.3. The van der Waals surface area contributed by atoms with Gasteiger partial charge in [-0.25, -0.2) is 8.42 Å². The second kappa shape index (κ2) is 10.7. The first-order chi connectivity index (χ1) is 14.9. The van der Waals surface area contributed by atoms with Gasteiger partial charge >= 0.3 is 0 Å². The minimum atomic E-state index is -3.85. The van der Waals surface area contributed by atoms with Crippen LogP contribution >= 0.6 is 15.9 Å². The summed E-state index contributed by atoms with van der Waals surface area (Å²) in [5.74, 6) is -1.16. The number of carbonyl (C=O) groups excluding carboxylic acids is 3. The van der Waals surface area contributed by atoms with Gasteiger partial charge in [-0.2, -0.15) is 0 Å². The Morgan fingerprint density at radius 3 is 2.31 bits per heavy atom. The maximum atomic E-state index is 13.3. The molecule has 10 heteroatoms. The summed E-state index contributed by atoms with van der Waals surface area (Å²) in [5, 5.41) is 2.52. The predicted octanol–water partition coefficient (Wildman–Crippen LogP) is 2.58. The fourth-order valence-corrected chi connectivity index (χ4v) is 4.41. The van der Waals surface area contributed by atoms with Crippen LogP contribution in [0.25, 0.3) is 0 Å². The summed E-state index contributed by atoms with van der Waals surface area (Å²) in [6.45, 7) is 2.54. The number of hydrogen-bond acceptors (Lipinski definition) is 5. The van der Waals surface area contributed by atoms with E-state index in [0.29, 0.717) is 5.56 Å². The lowest BCUT2D eigenvalue weighted by atomic mass is 10.1. The number of Topliss-reactive ketones (excluding diaryl/α,β-unsaturated/α-hetero) is 1. The van der Waals surface area contributed by atoms with Crippen LogP contribution in [0.5, 0.6) is 0 Å². The molecule has 8 nitrogen and oxygen atoms in total. The Kier molecular flexibility index (Phi) is 8.57. The summed E-state index contributed by atoms with van der Waals surface area (Å²) in [5.41, 5.74) is 1.30. The number of nitrogens with zero attached hydrogens (tertiary/aromatic N) is 2. The van der Waals surface area contributed by atoms with Crippen LogP contribution < -0.4 is 9.62 Å². The number of ketones is 1. The highest BCUT2D eigenvalue weighted by molar-refractivity contribution is 9.10. The Morgan fingerprint density at radius 1 is 1.09 bits per heavy atom. The highest BCUT2D eigenvalue weighted by Crippen LogP contribution is 2.21. The smallest absolute Gasteiger partial charge is 0.244 e. The van der Waals surface area contributed by atoms with Crippen molar-refractivity contribution in [2.45, 2.75) is 26.4 Å². The first-order valence-electron chi connectivity index (χ1n) is 9.78. The number of rotatable bonds is 9. The molecule has 1 N–H and O–H groups in total. The number of benzene rings is 2. The van der Waals surface area contributed by atoms with E-state index in [2.05, 4.69) is 21.2 Å². The Labute approximate surface area is 196 Å². The van der Waals surface area contributed by atoms with Crippen molar-refractivity contribution < 1.29 is 22.8 Å². The molecule has 0 spiro atoms. The summed E-state index contributed by atoms with van der Waals surface area (Å²) in [6.07, 6.45) is 0.988. The molecule has 0 fully saturated rings. The highest BCUT2D eigenvalue weighted by atomic mass is 79.9. The number of halogens is 1. The molecule has 2 amide bonds. The van der Waals surface area contributed by atoms with Crippen LogP contribution in [0.3, 0.4) is 0 Å². The van der Waals surface area contributed by atoms with Gasteiger partial charge in [0.2, 0.25) is 21.8 Å². The minimum Gasteiger partial charge on any atom is -0.357 e. The molecule has 0 saturated heterocycles. The number of nitrogens with one attached hydrogen (secondary N) is 1. The molecule has 0 aromatic heterocycles. The summed E-state index contributed by atoms with van der Waals surface area (Å²) >= 11 is 3.39. The average Bonchev–Trinajstić information content (AvgIpc) is 2.73. The van der Waals surface area contributed by atoms with Crippen LogP contribution in [0.4, 0.5) is 5.69 Å². The highest BCUT2D eigenvalue weighted by Gasteiger charge is 2.29. The van der Waals surface area contributed by atoms with Crippen molar-refractivity contribution in [3.8, 4) is 0 Å². The standard InChI is InChI=1S/C22H26BrN3O5S/c1-15(22(29)24-3)25(13-17-7-5-9-19(23)11-17)21(28)14-26(32(4,30)31)20-10-6-8-18(12-20)16(2)27/h5-12,15H,13-14H2,1-4H3,(H,24,29)/t15-/m1/s1. The van der Waals surface area contributed by atoms with Crippen molar-refractivity contribution >= 4 is 49.2 Å². The fourth-order valence-electron chi connectivity index (χ4n) is 3.12. The van der Waals surface area contributed by atoms with Gasteiger partial charge in [0, 0.05) is 23.6 Å². The van der Waals surface area contributed by atoms with Crippen molar-refractivity contribution in [3.63, 3.8) is 0 Å². The third-order valence-corrected chi connectivity index (χ3v) is 6.51. The molecule has 2 rings (SSSR count). The number of carbonyl (C=O) groups is 3. The third kappa shape index (κ3) is 6.64. The normalized spacial score (nSPS) is 12.0. The zero-order valence-corrected chi connectivity index (χ0v) is 20.7. The molecule has 0 heterocycles. The molecule has 0 aliphatic heterocycles. The molecule has 0 radical (unpaired) electrons. The van der Waals surface area contributed by atoms with E-state index in [-0.39, 0.29) is 23.9 Å². The lowest BCUT2D eigenvalue weighted by molar-refractivity contribution is -0.139. The van der Waals surface area contributed by atoms with Gasteiger partial charge in [0.25, 0.3) is 0 Å². The number of likely N-dealkylation sites (N-methyl/N-ethyl adjacent to an activating group) is 1. The fraction of sp³-hybridized carbons (Fsp3) is 0.318. The Balaban J connectivity index is 2.42. The van der Waals surface area contributed by atoms with Gasteiger partial charge in [-0.1, -0.05) is 40.2 Å². The maximum Gasteiger partial charge on any atom is 0.244 e. The summed E-state index contributed by atoms with van der Waals surface area (Å²) in [4.78, 5) is 38.7. The monoisotopic (exact) mass is 523 g/mol. The topological polar surface area (TPSA) is 104 Å². The molecule has 1 atom stereocenters. The Bertz CT molecular complexity index is 1120. The van der Waals surface area contributed by atoms with Gasteiger partial charge < -0.3 is 10.2 Å². The lowest BCUT2D eigenvalue weighted by Crippen LogP contribution is -2.50. The Hall–Kier alpha value is -2.72. The van der Waals surface area contributed by atoms with Crippen molar-refractivity contribution in [3.05, 3.63) is 64.1 Å². The van der Waals surface area contributed by atoms with E-state index in [9.17, 15) is 22.8 Å². The molecule has 0 aliphatic carbocycles. The van der Waals surface area contributed by atoms with Gasteiger partial charge in [0.15, 0.2) is 5.78 Å². The SMILES string of the molecule is CNC(=O)[C@@H](C)N(Cc1cccc(Br)c1)C(=O)CN(c1cccc(C(C)=O)c1)S(C)(=O)=O. The Morgan fingerprint density at radius 2 is 1.75 bits per heavy atom. The average molecular weight is 524 g/mol. The quantitative estimate of drug-likeness (QED) is 0.508. The van der Waals surface area contributed by atoms with Gasteiger partial charge in [-0.3, -0.25) is 18.7 Å². The summed E-state index contributed by atoms with van der Waals surface area (Å²) < 4.78 is 26.8. The van der Waals surface area contributed by atoms with Crippen LogP contribution in [0.1, 0.15) is 29.8 Å². The molecule has 2 aromatic rings. The van der Waals surface area contributed by atoms with Crippen LogP contribution in [0.15, 0.2) is 53.0 Å². The zero-order valence-electron chi connectivity index (χ0n) is 18.3. The number of sulfonamides is 1. The zero-order chi connectivity index (χ0) is 24.1. The van der Waals surface area contributed by atoms with Crippen molar-refractivity contribution in [1.29, 1.82) is 0 Å².